The quantitative estimate of drug-likeness (QED) is 0.600. The summed E-state index contributed by atoms with van der Waals surface area (Å²) in [6, 6.07) is 11.4. The van der Waals surface area contributed by atoms with Gasteiger partial charge in [-0.05, 0) is 31.2 Å². The van der Waals surface area contributed by atoms with E-state index in [0.717, 1.165) is 16.4 Å². The molecule has 0 bridgehead atoms. The number of hydrogen-bond donors (Lipinski definition) is 1. The van der Waals surface area contributed by atoms with Crippen LogP contribution >= 0.6 is 0 Å². The van der Waals surface area contributed by atoms with Crippen LogP contribution in [-0.4, -0.2) is 35.6 Å². The molecule has 162 valence electrons. The average Bonchev–Trinajstić information content (AvgIpc) is 3.38. The summed E-state index contributed by atoms with van der Waals surface area (Å²) >= 11 is 0. The SMILES string of the molecule is Cc1ccc(-n2ncc(C(=O)NCCOc3ccc4c(c3)OCO4)c2C(F)(F)F)cc1. The Morgan fingerprint density at radius 3 is 2.65 bits per heavy atom. The number of amides is 1. The molecule has 2 heterocycles. The van der Waals surface area contributed by atoms with Gasteiger partial charge >= 0.3 is 6.18 Å². The van der Waals surface area contributed by atoms with Gasteiger partial charge in [0.15, 0.2) is 17.2 Å². The van der Waals surface area contributed by atoms with Gasteiger partial charge in [-0.15, -0.1) is 0 Å². The second kappa shape index (κ2) is 8.21. The lowest BCUT2D eigenvalue weighted by atomic mass is 10.2. The number of aryl methyl sites for hydroxylation is 1. The fraction of sp³-hybridized carbons (Fsp3) is 0.238. The summed E-state index contributed by atoms with van der Waals surface area (Å²) in [4.78, 5) is 12.4. The first-order chi connectivity index (χ1) is 14.8. The first-order valence-corrected chi connectivity index (χ1v) is 9.36. The molecule has 1 amide bonds. The number of aromatic nitrogens is 2. The number of nitrogens with one attached hydrogen (secondary N) is 1. The topological polar surface area (TPSA) is 74.6 Å². The molecule has 1 aliphatic heterocycles. The van der Waals surface area contributed by atoms with E-state index in [1.54, 1.807) is 30.3 Å². The molecule has 0 aliphatic carbocycles. The molecule has 31 heavy (non-hydrogen) atoms. The Labute approximate surface area is 175 Å². The highest BCUT2D eigenvalue weighted by atomic mass is 19.4. The predicted molar refractivity (Wildman–Crippen MR) is 104 cm³/mol. The van der Waals surface area contributed by atoms with Crippen LogP contribution in [0.2, 0.25) is 0 Å². The Bertz CT molecular complexity index is 1090. The molecule has 4 rings (SSSR count). The van der Waals surface area contributed by atoms with Crippen LogP contribution in [0.3, 0.4) is 0 Å². The van der Waals surface area contributed by atoms with Crippen LogP contribution in [0.1, 0.15) is 21.6 Å². The van der Waals surface area contributed by atoms with E-state index in [0.29, 0.717) is 17.2 Å². The van der Waals surface area contributed by atoms with Crippen LogP contribution in [0.25, 0.3) is 5.69 Å². The Morgan fingerprint density at radius 1 is 1.16 bits per heavy atom. The highest BCUT2D eigenvalue weighted by Gasteiger charge is 2.40. The minimum absolute atomic E-state index is 0.000282. The number of halogens is 3. The molecule has 0 spiro atoms. The molecule has 10 heteroatoms. The zero-order valence-corrected chi connectivity index (χ0v) is 16.4. The lowest BCUT2D eigenvalue weighted by molar-refractivity contribution is -0.143. The third-order valence-electron chi connectivity index (χ3n) is 4.56. The van der Waals surface area contributed by atoms with Gasteiger partial charge in [0.25, 0.3) is 5.91 Å². The van der Waals surface area contributed by atoms with Crippen molar-refractivity contribution in [1.82, 2.24) is 15.1 Å². The number of benzene rings is 2. The maximum absolute atomic E-state index is 13.7. The van der Waals surface area contributed by atoms with Gasteiger partial charge in [0.1, 0.15) is 12.4 Å². The van der Waals surface area contributed by atoms with E-state index in [1.165, 1.54) is 12.1 Å². The van der Waals surface area contributed by atoms with Gasteiger partial charge in [-0.1, -0.05) is 17.7 Å². The summed E-state index contributed by atoms with van der Waals surface area (Å²) in [5.41, 5.74) is -0.588. The normalized spacial score (nSPS) is 12.6. The van der Waals surface area contributed by atoms with E-state index >= 15 is 0 Å². The Balaban J connectivity index is 1.42. The highest BCUT2D eigenvalue weighted by Crippen LogP contribution is 2.35. The summed E-state index contributed by atoms with van der Waals surface area (Å²) in [6.45, 7) is 2.01. The molecule has 7 nitrogen and oxygen atoms in total. The lowest BCUT2D eigenvalue weighted by Gasteiger charge is -2.13. The Hall–Kier alpha value is -3.69. The lowest BCUT2D eigenvalue weighted by Crippen LogP contribution is -2.30. The first kappa shape index (κ1) is 20.6. The third kappa shape index (κ3) is 4.42. The number of carbonyl (C=O) groups excluding carboxylic acids is 1. The largest absolute Gasteiger partial charge is 0.492 e. The zero-order valence-electron chi connectivity index (χ0n) is 16.4. The van der Waals surface area contributed by atoms with E-state index in [9.17, 15) is 18.0 Å². The second-order valence-corrected chi connectivity index (χ2v) is 6.77. The summed E-state index contributed by atoms with van der Waals surface area (Å²) < 4.78 is 57.8. The Morgan fingerprint density at radius 2 is 1.90 bits per heavy atom. The van der Waals surface area contributed by atoms with Gasteiger partial charge in [-0.2, -0.15) is 18.3 Å². The molecule has 2 aromatic carbocycles. The number of fused-ring (bicyclic) bond motifs is 1. The molecular weight excluding hydrogens is 415 g/mol. The van der Waals surface area contributed by atoms with Crippen molar-refractivity contribution in [3.8, 4) is 22.9 Å². The maximum atomic E-state index is 13.7. The first-order valence-electron chi connectivity index (χ1n) is 9.36. The molecule has 0 unspecified atom stereocenters. The van der Waals surface area contributed by atoms with Crippen LogP contribution in [-0.2, 0) is 6.18 Å². The van der Waals surface area contributed by atoms with Gasteiger partial charge in [0.2, 0.25) is 6.79 Å². The third-order valence-corrected chi connectivity index (χ3v) is 4.56. The number of hydrogen-bond acceptors (Lipinski definition) is 5. The maximum Gasteiger partial charge on any atom is 0.434 e. The van der Waals surface area contributed by atoms with Gasteiger partial charge in [-0.25, -0.2) is 4.68 Å². The van der Waals surface area contributed by atoms with E-state index in [2.05, 4.69) is 10.4 Å². The molecule has 0 saturated heterocycles. The summed E-state index contributed by atoms with van der Waals surface area (Å²) in [6.07, 6.45) is -3.85. The van der Waals surface area contributed by atoms with Crippen molar-refractivity contribution in [2.75, 3.05) is 19.9 Å². The molecular formula is C21H18F3N3O4. The monoisotopic (exact) mass is 433 g/mol. The van der Waals surface area contributed by atoms with Crippen LogP contribution in [0.15, 0.2) is 48.7 Å². The zero-order chi connectivity index (χ0) is 22.0. The van der Waals surface area contributed by atoms with Crippen LogP contribution in [0.4, 0.5) is 13.2 Å². The van der Waals surface area contributed by atoms with Crippen molar-refractivity contribution in [1.29, 1.82) is 0 Å². The fourth-order valence-electron chi connectivity index (χ4n) is 3.06. The number of ether oxygens (including phenoxy) is 3. The molecule has 1 aliphatic rings. The number of carbonyl (C=O) groups is 1. The molecule has 1 N–H and O–H groups in total. The van der Waals surface area contributed by atoms with E-state index in [4.69, 9.17) is 14.2 Å². The highest BCUT2D eigenvalue weighted by molar-refractivity contribution is 5.95. The van der Waals surface area contributed by atoms with Crippen LogP contribution in [0.5, 0.6) is 17.2 Å². The smallest absolute Gasteiger partial charge is 0.434 e. The molecule has 3 aromatic rings. The van der Waals surface area contributed by atoms with Gasteiger partial charge in [0, 0.05) is 6.07 Å². The summed E-state index contributed by atoms with van der Waals surface area (Å²) in [5, 5.41) is 6.23. The van der Waals surface area contributed by atoms with Crippen molar-refractivity contribution in [2.24, 2.45) is 0 Å². The number of alkyl halides is 3. The predicted octanol–water partition coefficient (Wildman–Crippen LogP) is 3.74. The number of nitrogens with zero attached hydrogens (tertiary/aromatic N) is 2. The van der Waals surface area contributed by atoms with E-state index in [1.807, 2.05) is 6.92 Å². The molecule has 0 atom stereocenters. The number of rotatable bonds is 6. The van der Waals surface area contributed by atoms with Crippen molar-refractivity contribution >= 4 is 5.91 Å². The molecule has 0 fully saturated rings. The Kier molecular flexibility index (Phi) is 5.45. The molecule has 0 saturated carbocycles. The van der Waals surface area contributed by atoms with Crippen LogP contribution in [0, 0.1) is 6.92 Å². The van der Waals surface area contributed by atoms with Gasteiger partial charge in [0.05, 0.1) is 24.0 Å². The summed E-state index contributed by atoms with van der Waals surface area (Å²) in [5.74, 6) is 0.743. The molecule has 1 aromatic heterocycles. The van der Waals surface area contributed by atoms with Crippen molar-refractivity contribution in [3.05, 3.63) is 65.5 Å². The van der Waals surface area contributed by atoms with E-state index < -0.39 is 23.3 Å². The van der Waals surface area contributed by atoms with Crippen LogP contribution < -0.4 is 19.5 Å². The van der Waals surface area contributed by atoms with Crippen molar-refractivity contribution in [2.45, 2.75) is 13.1 Å². The second-order valence-electron chi connectivity index (χ2n) is 6.77. The van der Waals surface area contributed by atoms with Crippen molar-refractivity contribution in [3.63, 3.8) is 0 Å². The average molecular weight is 433 g/mol. The minimum atomic E-state index is -4.77. The minimum Gasteiger partial charge on any atom is -0.492 e. The summed E-state index contributed by atoms with van der Waals surface area (Å²) in [7, 11) is 0. The molecule has 0 radical (unpaired) electrons. The van der Waals surface area contributed by atoms with Gasteiger partial charge in [-0.3, -0.25) is 4.79 Å². The van der Waals surface area contributed by atoms with Gasteiger partial charge < -0.3 is 19.5 Å². The fourth-order valence-corrected chi connectivity index (χ4v) is 3.06. The van der Waals surface area contributed by atoms with E-state index in [-0.39, 0.29) is 25.6 Å². The standard InChI is InChI=1S/C21H18F3N3O4/c1-13-2-4-14(5-3-13)27-19(21(22,23)24)16(11-26-27)20(28)25-8-9-29-15-6-7-17-18(10-15)31-12-30-17/h2-7,10-11H,8-9,12H2,1H3,(H,25,28). The van der Waals surface area contributed by atoms with Crippen molar-refractivity contribution < 1.29 is 32.2 Å².